The molecule has 0 unspecified atom stereocenters. The van der Waals surface area contributed by atoms with Crippen LogP contribution in [0.5, 0.6) is 11.5 Å². The van der Waals surface area contributed by atoms with Crippen molar-refractivity contribution in [3.8, 4) is 11.5 Å². The lowest BCUT2D eigenvalue weighted by Gasteiger charge is -2.05. The molecule has 0 fully saturated rings. The van der Waals surface area contributed by atoms with Gasteiger partial charge in [0.1, 0.15) is 11.6 Å². The molecule has 3 rings (SSSR count). The molecule has 0 saturated heterocycles. The van der Waals surface area contributed by atoms with Crippen LogP contribution in [0.2, 0.25) is 0 Å². The van der Waals surface area contributed by atoms with E-state index in [0.717, 1.165) is 0 Å². The molecule has 2 nitrogen and oxygen atoms in total. The highest BCUT2D eigenvalue weighted by Gasteiger charge is 2.37. The molecule has 2 aromatic carbocycles. The number of fused-ring (bicyclic) bond motifs is 1. The normalized spacial score (nSPS) is 12.9. The zero-order valence-electron chi connectivity index (χ0n) is 8.69. The third kappa shape index (κ3) is 1.64. The van der Waals surface area contributed by atoms with E-state index in [9.17, 15) is 8.78 Å². The Morgan fingerprint density at radius 3 is 2.35 bits per heavy atom. The molecule has 2 aromatic rings. The quantitative estimate of drug-likeness (QED) is 0.701. The maximum absolute atomic E-state index is 13.5. The summed E-state index contributed by atoms with van der Waals surface area (Å²) in [6.07, 6.45) is 0. The summed E-state index contributed by atoms with van der Waals surface area (Å²) >= 11 is 0. The van der Waals surface area contributed by atoms with Crippen molar-refractivity contribution in [3.63, 3.8) is 0 Å². The first-order valence-corrected chi connectivity index (χ1v) is 5.12. The van der Waals surface area contributed by atoms with Crippen molar-refractivity contribution < 1.29 is 18.1 Å². The van der Waals surface area contributed by atoms with Gasteiger partial charge in [-0.15, -0.1) is 0 Å². The molecule has 0 N–H and O–H groups in total. The smallest absolute Gasteiger partial charge is 0.519 e. The molecule has 0 aliphatic carbocycles. The largest absolute Gasteiger partial charge is 0.635 e. The molecular weight excluding hydrogens is 225 g/mol. The average molecular weight is 232 g/mol. The maximum atomic E-state index is 13.5. The molecule has 84 valence electrons. The van der Waals surface area contributed by atoms with E-state index in [2.05, 4.69) is 0 Å². The van der Waals surface area contributed by atoms with Gasteiger partial charge in [0.05, 0.1) is 0 Å². The van der Waals surface area contributed by atoms with Crippen molar-refractivity contribution in [2.24, 2.45) is 0 Å². The van der Waals surface area contributed by atoms with Crippen LogP contribution in [0.15, 0.2) is 42.5 Å². The highest BCUT2D eigenvalue weighted by Crippen LogP contribution is 2.35. The number of para-hydroxylation sites is 1. The Bertz CT molecular complexity index is 574. The molecule has 0 radical (unpaired) electrons. The van der Waals surface area contributed by atoms with Crippen LogP contribution in [-0.2, 0) is 0 Å². The zero-order valence-corrected chi connectivity index (χ0v) is 8.69. The summed E-state index contributed by atoms with van der Waals surface area (Å²) in [4.78, 5) is 0. The second-order valence-corrected chi connectivity index (χ2v) is 3.66. The predicted octanol–water partition coefficient (Wildman–Crippen LogP) is 2.13. The predicted molar refractivity (Wildman–Crippen MR) is 59.4 cm³/mol. The Morgan fingerprint density at radius 2 is 1.59 bits per heavy atom. The third-order valence-corrected chi connectivity index (χ3v) is 2.55. The fraction of sp³-hybridized carbons (Fsp3) is 0. The maximum Gasteiger partial charge on any atom is 0.635 e. The molecule has 5 heteroatoms. The molecule has 0 bridgehead atoms. The fourth-order valence-electron chi connectivity index (χ4n) is 1.74. The van der Waals surface area contributed by atoms with E-state index >= 15 is 0 Å². The summed E-state index contributed by atoms with van der Waals surface area (Å²) in [5.41, 5.74) is 0.253. The Labute approximate surface area is 96.9 Å². The van der Waals surface area contributed by atoms with E-state index in [-0.39, 0.29) is 11.2 Å². The van der Waals surface area contributed by atoms with E-state index in [1.54, 1.807) is 24.3 Å². The van der Waals surface area contributed by atoms with Crippen molar-refractivity contribution in [2.75, 3.05) is 0 Å². The van der Waals surface area contributed by atoms with Crippen molar-refractivity contribution in [2.45, 2.75) is 0 Å². The first-order chi connectivity index (χ1) is 8.25. The summed E-state index contributed by atoms with van der Waals surface area (Å²) in [5, 5.41) is 0. The molecule has 0 amide bonds. The second-order valence-electron chi connectivity index (χ2n) is 3.66. The van der Waals surface area contributed by atoms with Gasteiger partial charge in [-0.3, -0.25) is 0 Å². The Kier molecular flexibility index (Phi) is 2.25. The van der Waals surface area contributed by atoms with Gasteiger partial charge in [-0.25, -0.2) is 8.78 Å². The number of benzene rings is 2. The van der Waals surface area contributed by atoms with Gasteiger partial charge >= 0.3 is 7.12 Å². The summed E-state index contributed by atoms with van der Waals surface area (Å²) in [5.74, 6) is -0.633. The first kappa shape index (κ1) is 10.1. The van der Waals surface area contributed by atoms with E-state index < -0.39 is 18.8 Å². The molecule has 1 heterocycles. The minimum atomic E-state index is -0.928. The molecular formula is C12H7BF2O2. The van der Waals surface area contributed by atoms with Crippen LogP contribution in [-0.4, -0.2) is 7.12 Å². The lowest BCUT2D eigenvalue weighted by Crippen LogP contribution is -2.41. The fourth-order valence-corrected chi connectivity index (χ4v) is 1.74. The van der Waals surface area contributed by atoms with Crippen molar-refractivity contribution in [3.05, 3.63) is 54.1 Å². The highest BCUT2D eigenvalue weighted by atomic mass is 19.1. The first-order valence-electron chi connectivity index (χ1n) is 5.12. The average Bonchev–Trinajstić information content (AvgIpc) is 2.75. The molecule has 0 atom stereocenters. The SMILES string of the molecule is Fc1ccccc1B1Oc2cccc(F)c2O1. The van der Waals surface area contributed by atoms with Gasteiger partial charge < -0.3 is 9.31 Å². The van der Waals surface area contributed by atoms with Crippen molar-refractivity contribution in [1.82, 2.24) is 0 Å². The van der Waals surface area contributed by atoms with Gasteiger partial charge in [0, 0.05) is 5.46 Å². The lowest BCUT2D eigenvalue weighted by atomic mass is 9.79. The van der Waals surface area contributed by atoms with E-state index in [4.69, 9.17) is 9.31 Å². The van der Waals surface area contributed by atoms with Crippen molar-refractivity contribution >= 4 is 12.6 Å². The van der Waals surface area contributed by atoms with Crippen LogP contribution >= 0.6 is 0 Å². The number of hydrogen-bond acceptors (Lipinski definition) is 2. The standard InChI is InChI=1S/C12H7BF2O2/c14-9-5-2-1-4-8(9)13-16-11-7-3-6-10(15)12(11)17-13/h1-7H. The lowest BCUT2D eigenvalue weighted by molar-refractivity contribution is 0.493. The zero-order chi connectivity index (χ0) is 11.8. The van der Waals surface area contributed by atoms with E-state index in [1.807, 2.05) is 0 Å². The van der Waals surface area contributed by atoms with E-state index in [1.165, 1.54) is 18.2 Å². The molecule has 0 saturated carbocycles. The van der Waals surface area contributed by atoms with Gasteiger partial charge in [-0.1, -0.05) is 24.3 Å². The van der Waals surface area contributed by atoms with Crippen LogP contribution in [0.3, 0.4) is 0 Å². The minimum Gasteiger partial charge on any atom is -0.519 e. The summed E-state index contributed by atoms with van der Waals surface area (Å²) < 4.78 is 37.5. The van der Waals surface area contributed by atoms with Gasteiger partial charge in [-0.05, 0) is 18.2 Å². The van der Waals surface area contributed by atoms with Crippen LogP contribution in [0.1, 0.15) is 0 Å². The minimum absolute atomic E-state index is 0.0285. The highest BCUT2D eigenvalue weighted by molar-refractivity contribution is 6.63. The topological polar surface area (TPSA) is 18.5 Å². The van der Waals surface area contributed by atoms with Crippen LogP contribution in [0, 0.1) is 11.6 Å². The van der Waals surface area contributed by atoms with Gasteiger partial charge in [0.15, 0.2) is 11.6 Å². The Morgan fingerprint density at radius 1 is 0.824 bits per heavy atom. The number of halogens is 2. The van der Waals surface area contributed by atoms with Crippen molar-refractivity contribution in [1.29, 1.82) is 0 Å². The molecule has 1 aliphatic heterocycles. The van der Waals surface area contributed by atoms with Crippen LogP contribution in [0.25, 0.3) is 0 Å². The summed E-state index contributed by atoms with van der Waals surface area (Å²) in [6, 6.07) is 10.5. The van der Waals surface area contributed by atoms with Gasteiger partial charge in [0.2, 0.25) is 0 Å². The molecule has 1 aliphatic rings. The molecule has 17 heavy (non-hydrogen) atoms. The number of rotatable bonds is 1. The van der Waals surface area contributed by atoms with Gasteiger partial charge in [-0.2, -0.15) is 0 Å². The molecule has 0 aromatic heterocycles. The van der Waals surface area contributed by atoms with Crippen LogP contribution in [0.4, 0.5) is 8.78 Å². The van der Waals surface area contributed by atoms with Crippen LogP contribution < -0.4 is 14.8 Å². The van der Waals surface area contributed by atoms with E-state index in [0.29, 0.717) is 5.75 Å². The number of hydrogen-bond donors (Lipinski definition) is 0. The Hall–Kier alpha value is -2.04. The second kappa shape index (κ2) is 3.77. The van der Waals surface area contributed by atoms with Gasteiger partial charge in [0.25, 0.3) is 0 Å². The Balaban J connectivity index is 1.97. The monoisotopic (exact) mass is 232 g/mol. The molecule has 0 spiro atoms. The summed E-state index contributed by atoms with van der Waals surface area (Å²) in [6.45, 7) is 0. The third-order valence-electron chi connectivity index (χ3n) is 2.55. The summed E-state index contributed by atoms with van der Waals surface area (Å²) in [7, 11) is -0.928.